The number of likely N-dealkylation sites (N-methyl/N-ethyl adjacent to an activating group) is 1. The first-order valence-corrected chi connectivity index (χ1v) is 11.2. The summed E-state index contributed by atoms with van der Waals surface area (Å²) in [6, 6.07) is 3.68. The number of halogens is 1. The van der Waals surface area contributed by atoms with Crippen LogP contribution in [0.15, 0.2) is 18.2 Å². The molecule has 0 amide bonds. The van der Waals surface area contributed by atoms with Gasteiger partial charge in [0.25, 0.3) is 0 Å². The first kappa shape index (κ1) is 25.3. The van der Waals surface area contributed by atoms with Gasteiger partial charge in [-0.1, -0.05) is 0 Å². The zero-order chi connectivity index (χ0) is 24.0. The van der Waals surface area contributed by atoms with Gasteiger partial charge in [0.05, 0.1) is 25.2 Å². The molecule has 0 radical (unpaired) electrons. The maximum Gasteiger partial charge on any atom is 0.307 e. The van der Waals surface area contributed by atoms with Gasteiger partial charge >= 0.3 is 5.97 Å². The lowest BCUT2D eigenvalue weighted by Gasteiger charge is -2.31. The van der Waals surface area contributed by atoms with Crippen LogP contribution in [0.5, 0.6) is 0 Å². The van der Waals surface area contributed by atoms with E-state index < -0.39 is 17.8 Å². The molecule has 2 unspecified atom stereocenters. The third-order valence-corrected chi connectivity index (χ3v) is 5.70. The number of aliphatic carboxylic acids is 1. The van der Waals surface area contributed by atoms with E-state index in [9.17, 15) is 19.1 Å². The quantitative estimate of drug-likeness (QED) is 0.427. The van der Waals surface area contributed by atoms with Crippen LogP contribution in [-0.2, 0) is 20.7 Å². The summed E-state index contributed by atoms with van der Waals surface area (Å²) < 4.78 is 26.7. The number of nitrogens with one attached hydrogen (secondary N) is 2. The van der Waals surface area contributed by atoms with Crippen molar-refractivity contribution in [3.05, 3.63) is 35.3 Å². The molecule has 182 valence electrons. The third kappa shape index (κ3) is 6.58. The lowest BCUT2D eigenvalue weighted by molar-refractivity contribution is -0.136. The topological polar surface area (TPSA) is 105 Å². The number of hydrogen-bond donors (Lipinski definition) is 3. The Balaban J connectivity index is 1.60. The molecule has 10 heteroatoms. The number of carbonyl (C=O) groups is 2. The monoisotopic (exact) mass is 464 g/mol. The molecule has 33 heavy (non-hydrogen) atoms. The molecule has 9 nitrogen and oxygen atoms in total. The van der Waals surface area contributed by atoms with Crippen LogP contribution in [0.4, 0.5) is 4.39 Å². The average molecular weight is 465 g/mol. The summed E-state index contributed by atoms with van der Waals surface area (Å²) in [6.45, 7) is 8.08. The van der Waals surface area contributed by atoms with Crippen molar-refractivity contribution in [1.29, 1.82) is 0 Å². The molecule has 1 aromatic carbocycles. The summed E-state index contributed by atoms with van der Waals surface area (Å²) in [6.07, 6.45) is -0.579. The number of ether oxygens (including phenoxy) is 2. The molecule has 0 aliphatic carbocycles. The van der Waals surface area contributed by atoms with Crippen LogP contribution in [0.1, 0.15) is 23.0 Å². The maximum absolute atomic E-state index is 14.0. The Hall–Kier alpha value is -2.37. The lowest BCUT2D eigenvalue weighted by atomic mass is 10.1. The molecule has 0 spiro atoms. The molecule has 0 saturated carbocycles. The summed E-state index contributed by atoms with van der Waals surface area (Å²) in [5.41, 5.74) is 1.34. The number of piperazine rings is 1. The molecule has 3 rings (SSSR count). The van der Waals surface area contributed by atoms with Crippen molar-refractivity contribution in [3.8, 4) is 0 Å². The van der Waals surface area contributed by atoms with Gasteiger partial charge in [0.2, 0.25) is 5.91 Å². The molecule has 1 saturated heterocycles. The van der Waals surface area contributed by atoms with E-state index in [0.717, 1.165) is 13.1 Å². The predicted octanol–water partition coefficient (Wildman–Crippen LogP) is 1.23. The number of rotatable bonds is 11. The van der Waals surface area contributed by atoms with Gasteiger partial charge in [-0.05, 0) is 44.7 Å². The van der Waals surface area contributed by atoms with Gasteiger partial charge in [0.1, 0.15) is 18.1 Å². The van der Waals surface area contributed by atoms with Gasteiger partial charge in [-0.15, -0.1) is 0 Å². The molecule has 2 atom stereocenters. The minimum Gasteiger partial charge on any atom is -0.481 e. The SMILES string of the molecule is CCOCCN(C)CCOC1CNC(C(=O)n2c(C)cc3cc(F)cc(CC(=O)O)c32)CN1. The van der Waals surface area contributed by atoms with E-state index in [1.807, 2.05) is 14.0 Å². The number of aromatic nitrogens is 1. The van der Waals surface area contributed by atoms with Crippen molar-refractivity contribution in [1.82, 2.24) is 20.1 Å². The van der Waals surface area contributed by atoms with E-state index in [2.05, 4.69) is 15.5 Å². The minimum absolute atomic E-state index is 0.214. The molecule has 2 aromatic rings. The van der Waals surface area contributed by atoms with Gasteiger partial charge < -0.3 is 24.8 Å². The number of carboxylic acid groups (broad SMARTS) is 1. The second kappa shape index (κ2) is 11.7. The minimum atomic E-state index is -1.08. The molecule has 1 aliphatic rings. The fraction of sp³-hybridized carbons (Fsp3) is 0.565. The normalized spacial score (nSPS) is 18.8. The van der Waals surface area contributed by atoms with Gasteiger partial charge in [0, 0.05) is 43.9 Å². The highest BCUT2D eigenvalue weighted by Crippen LogP contribution is 2.26. The highest BCUT2D eigenvalue weighted by molar-refractivity contribution is 5.98. The lowest BCUT2D eigenvalue weighted by Crippen LogP contribution is -2.59. The van der Waals surface area contributed by atoms with Gasteiger partial charge in [-0.25, -0.2) is 4.39 Å². The zero-order valence-corrected chi connectivity index (χ0v) is 19.4. The molecule has 1 aromatic heterocycles. The van der Waals surface area contributed by atoms with Crippen molar-refractivity contribution in [2.24, 2.45) is 0 Å². The number of carboxylic acids is 1. The van der Waals surface area contributed by atoms with E-state index in [-0.39, 0.29) is 24.1 Å². The Bertz CT molecular complexity index is 971. The smallest absolute Gasteiger partial charge is 0.307 e. The first-order chi connectivity index (χ1) is 15.8. The largest absolute Gasteiger partial charge is 0.481 e. The Kier molecular flexibility index (Phi) is 8.93. The average Bonchev–Trinajstić information content (AvgIpc) is 3.09. The van der Waals surface area contributed by atoms with Crippen LogP contribution in [0.2, 0.25) is 0 Å². The van der Waals surface area contributed by atoms with Gasteiger partial charge in [-0.3, -0.25) is 19.5 Å². The number of benzene rings is 1. The van der Waals surface area contributed by atoms with E-state index in [1.54, 1.807) is 13.0 Å². The van der Waals surface area contributed by atoms with Crippen molar-refractivity contribution in [3.63, 3.8) is 0 Å². The second-order valence-electron chi connectivity index (χ2n) is 8.26. The Labute approximate surface area is 192 Å². The number of nitrogens with zero attached hydrogens (tertiary/aromatic N) is 2. The highest BCUT2D eigenvalue weighted by Gasteiger charge is 2.29. The summed E-state index contributed by atoms with van der Waals surface area (Å²) in [7, 11) is 2.01. The second-order valence-corrected chi connectivity index (χ2v) is 8.26. The first-order valence-electron chi connectivity index (χ1n) is 11.2. The van der Waals surface area contributed by atoms with Crippen LogP contribution < -0.4 is 10.6 Å². The fourth-order valence-corrected chi connectivity index (χ4v) is 4.03. The van der Waals surface area contributed by atoms with Crippen molar-refractivity contribution in [2.45, 2.75) is 32.5 Å². The summed E-state index contributed by atoms with van der Waals surface area (Å²) in [5.74, 6) is -1.83. The number of aryl methyl sites for hydroxylation is 1. The summed E-state index contributed by atoms with van der Waals surface area (Å²) in [5, 5.41) is 16.2. The van der Waals surface area contributed by atoms with Gasteiger partial charge in [0.15, 0.2) is 0 Å². The van der Waals surface area contributed by atoms with Gasteiger partial charge in [-0.2, -0.15) is 0 Å². The van der Waals surface area contributed by atoms with E-state index >= 15 is 0 Å². The van der Waals surface area contributed by atoms with Crippen LogP contribution in [0, 0.1) is 12.7 Å². The zero-order valence-electron chi connectivity index (χ0n) is 19.4. The van der Waals surface area contributed by atoms with Crippen LogP contribution >= 0.6 is 0 Å². The van der Waals surface area contributed by atoms with Crippen molar-refractivity contribution < 1.29 is 28.6 Å². The summed E-state index contributed by atoms with van der Waals surface area (Å²) in [4.78, 5) is 26.7. The fourth-order valence-electron chi connectivity index (χ4n) is 4.03. The summed E-state index contributed by atoms with van der Waals surface area (Å²) >= 11 is 0. The maximum atomic E-state index is 14.0. The molecular formula is C23H33FN4O5. The predicted molar refractivity (Wildman–Crippen MR) is 122 cm³/mol. The highest BCUT2D eigenvalue weighted by atomic mass is 19.1. The molecule has 3 N–H and O–H groups in total. The Morgan fingerprint density at radius 3 is 2.64 bits per heavy atom. The standard InChI is InChI=1S/C23H33FN4O5/c1-4-32-7-5-27(3)6-8-33-20-14-25-19(13-26-20)23(31)28-15(2)9-16-10-18(24)11-17(22(16)28)12-21(29)30/h9-11,19-20,25-26H,4-8,12-14H2,1-3H3,(H,29,30). The van der Waals surface area contributed by atoms with Crippen molar-refractivity contribution >= 4 is 22.8 Å². The van der Waals surface area contributed by atoms with E-state index in [0.29, 0.717) is 49.5 Å². The van der Waals surface area contributed by atoms with Crippen LogP contribution in [-0.4, -0.2) is 91.8 Å². The van der Waals surface area contributed by atoms with Crippen LogP contribution in [0.3, 0.4) is 0 Å². The molecular weight excluding hydrogens is 431 g/mol. The molecule has 2 heterocycles. The molecule has 1 fully saturated rings. The van der Waals surface area contributed by atoms with E-state index in [1.165, 1.54) is 16.7 Å². The number of carbonyl (C=O) groups excluding carboxylic acids is 1. The Morgan fingerprint density at radius 2 is 1.97 bits per heavy atom. The van der Waals surface area contributed by atoms with Crippen LogP contribution in [0.25, 0.3) is 10.9 Å². The van der Waals surface area contributed by atoms with Crippen molar-refractivity contribution in [2.75, 3.05) is 53.0 Å². The molecule has 1 aliphatic heterocycles. The molecule has 0 bridgehead atoms. The van der Waals surface area contributed by atoms with E-state index in [4.69, 9.17) is 9.47 Å². The Morgan fingerprint density at radius 1 is 1.21 bits per heavy atom. The number of fused-ring (bicyclic) bond motifs is 1. The third-order valence-electron chi connectivity index (χ3n) is 5.70. The number of hydrogen-bond acceptors (Lipinski definition) is 7.